The molecule has 0 bridgehead atoms. The van der Waals surface area contributed by atoms with Crippen LogP contribution in [0.25, 0.3) is 10.2 Å². The van der Waals surface area contributed by atoms with Crippen molar-refractivity contribution in [3.05, 3.63) is 28.8 Å². The molecule has 7 heteroatoms. The van der Waals surface area contributed by atoms with Gasteiger partial charge in [-0.1, -0.05) is 12.5 Å². The van der Waals surface area contributed by atoms with Crippen LogP contribution in [0.5, 0.6) is 0 Å². The normalized spacial score (nSPS) is 21.1. The van der Waals surface area contributed by atoms with E-state index in [-0.39, 0.29) is 11.8 Å². The van der Waals surface area contributed by atoms with Crippen molar-refractivity contribution in [1.29, 1.82) is 0 Å². The molecule has 0 aliphatic carbocycles. The van der Waals surface area contributed by atoms with Gasteiger partial charge in [-0.3, -0.25) is 9.59 Å². The topological polar surface area (TPSA) is 79.5 Å². The molecule has 2 aliphatic heterocycles. The van der Waals surface area contributed by atoms with E-state index in [9.17, 15) is 9.59 Å². The lowest BCUT2D eigenvalue weighted by molar-refractivity contribution is -0.132. The second-order valence-electron chi connectivity index (χ2n) is 7.90. The quantitative estimate of drug-likeness (QED) is 0.837. The van der Waals surface area contributed by atoms with Gasteiger partial charge in [-0.2, -0.15) is 0 Å². The fourth-order valence-corrected chi connectivity index (χ4v) is 5.66. The van der Waals surface area contributed by atoms with E-state index in [2.05, 4.69) is 9.88 Å². The van der Waals surface area contributed by atoms with E-state index in [1.165, 1.54) is 30.6 Å². The molecule has 4 rings (SSSR count). The zero-order valence-electron chi connectivity index (χ0n) is 16.2. The number of rotatable bonds is 5. The number of amides is 2. The highest BCUT2D eigenvalue weighted by Crippen LogP contribution is 2.39. The fourth-order valence-electron chi connectivity index (χ4n) is 4.57. The van der Waals surface area contributed by atoms with Gasteiger partial charge in [0.2, 0.25) is 5.91 Å². The molecule has 1 atom stereocenters. The Labute approximate surface area is 169 Å². The molecule has 0 aromatic carbocycles. The van der Waals surface area contributed by atoms with Crippen molar-refractivity contribution in [2.45, 2.75) is 44.4 Å². The van der Waals surface area contributed by atoms with Crippen LogP contribution < -0.4 is 5.73 Å². The number of fused-ring (bicyclic) bond motifs is 1. The maximum absolute atomic E-state index is 12.8. The van der Waals surface area contributed by atoms with Gasteiger partial charge in [0.25, 0.3) is 5.91 Å². The average molecular weight is 401 g/mol. The Morgan fingerprint density at radius 2 is 2.00 bits per heavy atom. The molecule has 2 aromatic heterocycles. The van der Waals surface area contributed by atoms with Crippen LogP contribution in [0.4, 0.5) is 0 Å². The third-order valence-electron chi connectivity index (χ3n) is 6.00. The molecule has 150 valence electrons. The Kier molecular flexibility index (Phi) is 5.92. The number of primary amides is 1. The molecule has 0 saturated carbocycles. The number of carbonyl (C=O) groups is 2. The Bertz CT molecular complexity index is 859. The number of carbonyl (C=O) groups excluding carboxylic acids is 2. The molecular formula is C21H28N4O2S. The monoisotopic (exact) mass is 400 g/mol. The minimum absolute atomic E-state index is 0.146. The van der Waals surface area contributed by atoms with Gasteiger partial charge in [-0.05, 0) is 50.4 Å². The molecular weight excluding hydrogens is 372 g/mol. The van der Waals surface area contributed by atoms with Gasteiger partial charge >= 0.3 is 0 Å². The lowest BCUT2D eigenvalue weighted by Gasteiger charge is -2.34. The predicted octanol–water partition coefficient (Wildman–Crippen LogP) is 2.98. The van der Waals surface area contributed by atoms with Crippen LogP contribution in [0.1, 0.15) is 59.7 Å². The SMILES string of the molecule is NC(=O)c1sc2ncccc2c1[C@H]1CCCN(C(=O)CCN2CCCCC2)C1. The summed E-state index contributed by atoms with van der Waals surface area (Å²) < 4.78 is 0. The Hall–Kier alpha value is -1.99. The molecule has 0 radical (unpaired) electrons. The summed E-state index contributed by atoms with van der Waals surface area (Å²) in [5.74, 6) is -0.0201. The molecule has 28 heavy (non-hydrogen) atoms. The lowest BCUT2D eigenvalue weighted by Crippen LogP contribution is -2.41. The summed E-state index contributed by atoms with van der Waals surface area (Å²) in [6.45, 7) is 4.57. The highest BCUT2D eigenvalue weighted by atomic mass is 32.1. The summed E-state index contributed by atoms with van der Waals surface area (Å²) in [6, 6.07) is 3.91. The fraction of sp³-hybridized carbons (Fsp3) is 0.571. The standard InChI is InChI=1S/C21H28N4O2S/c22-20(27)19-18(16-7-4-9-23-21(16)28-19)15-6-5-12-25(14-15)17(26)8-13-24-10-2-1-3-11-24/h4,7,9,15H,1-3,5-6,8,10-14H2,(H2,22,27)/t15-/m0/s1. The number of nitrogens with zero attached hydrogens (tertiary/aromatic N) is 3. The van der Waals surface area contributed by atoms with Gasteiger partial charge in [-0.15, -0.1) is 11.3 Å². The molecule has 4 heterocycles. The summed E-state index contributed by atoms with van der Waals surface area (Å²) in [7, 11) is 0. The zero-order valence-corrected chi connectivity index (χ0v) is 17.0. The van der Waals surface area contributed by atoms with Crippen molar-refractivity contribution in [3.8, 4) is 0 Å². The van der Waals surface area contributed by atoms with Crippen LogP contribution in [0.3, 0.4) is 0 Å². The Morgan fingerprint density at radius 3 is 2.79 bits per heavy atom. The van der Waals surface area contributed by atoms with Crippen LogP contribution in [-0.2, 0) is 4.79 Å². The Balaban J connectivity index is 1.48. The summed E-state index contributed by atoms with van der Waals surface area (Å²) in [5.41, 5.74) is 6.66. The number of piperidine rings is 2. The summed E-state index contributed by atoms with van der Waals surface area (Å²) in [5, 5.41) is 1.01. The van der Waals surface area contributed by atoms with Crippen molar-refractivity contribution in [3.63, 3.8) is 0 Å². The van der Waals surface area contributed by atoms with E-state index in [0.717, 1.165) is 54.8 Å². The van der Waals surface area contributed by atoms with Crippen molar-refractivity contribution in [2.75, 3.05) is 32.7 Å². The van der Waals surface area contributed by atoms with Crippen molar-refractivity contribution < 1.29 is 9.59 Å². The number of hydrogen-bond donors (Lipinski definition) is 1. The summed E-state index contributed by atoms with van der Waals surface area (Å²) in [4.78, 5) is 35.1. The highest BCUT2D eigenvalue weighted by molar-refractivity contribution is 7.20. The van der Waals surface area contributed by atoms with Crippen LogP contribution >= 0.6 is 11.3 Å². The van der Waals surface area contributed by atoms with Crippen molar-refractivity contribution >= 4 is 33.4 Å². The van der Waals surface area contributed by atoms with Gasteiger partial charge in [0.05, 0.1) is 4.88 Å². The first-order valence-corrected chi connectivity index (χ1v) is 11.1. The smallest absolute Gasteiger partial charge is 0.259 e. The number of likely N-dealkylation sites (tertiary alicyclic amines) is 2. The molecule has 2 aliphatic rings. The molecule has 2 saturated heterocycles. The number of aromatic nitrogens is 1. The van der Waals surface area contributed by atoms with Crippen LogP contribution in [0.15, 0.2) is 18.3 Å². The lowest BCUT2D eigenvalue weighted by atomic mass is 9.88. The number of pyridine rings is 1. The van der Waals surface area contributed by atoms with Crippen molar-refractivity contribution in [2.24, 2.45) is 5.73 Å². The molecule has 0 unspecified atom stereocenters. The third-order valence-corrected chi connectivity index (χ3v) is 7.15. The minimum atomic E-state index is -0.397. The second-order valence-corrected chi connectivity index (χ2v) is 8.90. The van der Waals surface area contributed by atoms with Gasteiger partial charge in [0, 0.05) is 43.6 Å². The van der Waals surface area contributed by atoms with E-state index >= 15 is 0 Å². The third kappa shape index (κ3) is 4.05. The molecule has 2 amide bonds. The summed E-state index contributed by atoms with van der Waals surface area (Å²) in [6.07, 6.45) is 8.05. The first-order valence-electron chi connectivity index (χ1n) is 10.3. The molecule has 2 fully saturated rings. The van der Waals surface area contributed by atoms with E-state index < -0.39 is 5.91 Å². The number of hydrogen-bond acceptors (Lipinski definition) is 5. The molecule has 0 spiro atoms. The Morgan fingerprint density at radius 1 is 1.18 bits per heavy atom. The van der Waals surface area contributed by atoms with Gasteiger partial charge in [-0.25, -0.2) is 4.98 Å². The van der Waals surface area contributed by atoms with Gasteiger partial charge in [0.15, 0.2) is 0 Å². The van der Waals surface area contributed by atoms with Crippen LogP contribution in [0.2, 0.25) is 0 Å². The van der Waals surface area contributed by atoms with Crippen molar-refractivity contribution in [1.82, 2.24) is 14.8 Å². The maximum atomic E-state index is 12.8. The van der Waals surface area contributed by atoms with Crippen LogP contribution in [-0.4, -0.2) is 59.3 Å². The van der Waals surface area contributed by atoms with Crippen LogP contribution in [0, 0.1) is 0 Å². The van der Waals surface area contributed by atoms with E-state index in [0.29, 0.717) is 17.8 Å². The number of nitrogens with two attached hydrogens (primary N) is 1. The first-order chi connectivity index (χ1) is 13.6. The average Bonchev–Trinajstić information content (AvgIpc) is 3.13. The zero-order chi connectivity index (χ0) is 19.5. The maximum Gasteiger partial charge on any atom is 0.259 e. The first kappa shape index (κ1) is 19.3. The molecule has 6 nitrogen and oxygen atoms in total. The van der Waals surface area contributed by atoms with Gasteiger partial charge < -0.3 is 15.5 Å². The second kappa shape index (κ2) is 8.57. The van der Waals surface area contributed by atoms with E-state index in [4.69, 9.17) is 5.73 Å². The molecule has 2 aromatic rings. The molecule has 2 N–H and O–H groups in total. The predicted molar refractivity (Wildman–Crippen MR) is 112 cm³/mol. The van der Waals surface area contributed by atoms with E-state index in [1.54, 1.807) is 6.20 Å². The number of thiophene rings is 1. The largest absolute Gasteiger partial charge is 0.365 e. The summed E-state index contributed by atoms with van der Waals surface area (Å²) >= 11 is 1.37. The van der Waals surface area contributed by atoms with Gasteiger partial charge in [0.1, 0.15) is 4.83 Å². The minimum Gasteiger partial charge on any atom is -0.365 e. The highest BCUT2D eigenvalue weighted by Gasteiger charge is 2.30. The van der Waals surface area contributed by atoms with E-state index in [1.807, 2.05) is 17.0 Å².